The standard InChI is InChI=1S/C17H14Cl2N8/c18-12-3-1-2-4-14(12)24-16-13(19)9-22-17(25-16)23-11-7-5-10(6-8-11)15(20)26-27-21/h1-9H,(H3,20,21,26)(H2,22,23,24,25). The van der Waals surface area contributed by atoms with E-state index >= 15 is 0 Å². The van der Waals surface area contributed by atoms with Gasteiger partial charge in [-0.1, -0.05) is 40.6 Å². The fourth-order valence-electron chi connectivity index (χ4n) is 2.17. The molecule has 136 valence electrons. The second-order valence-corrected chi connectivity index (χ2v) is 6.11. The molecule has 2 aromatic carbocycles. The molecule has 1 heterocycles. The van der Waals surface area contributed by atoms with E-state index in [9.17, 15) is 0 Å². The lowest BCUT2D eigenvalue weighted by Crippen LogP contribution is -2.16. The lowest BCUT2D eigenvalue weighted by atomic mass is 10.2. The Morgan fingerprint density at radius 2 is 1.70 bits per heavy atom. The number of benzene rings is 2. The maximum Gasteiger partial charge on any atom is 0.229 e. The van der Waals surface area contributed by atoms with Crippen molar-refractivity contribution >= 4 is 52.2 Å². The van der Waals surface area contributed by atoms with Gasteiger partial charge in [0.15, 0.2) is 5.82 Å². The Bertz CT molecular complexity index is 975. The maximum atomic E-state index is 7.69. The van der Waals surface area contributed by atoms with Crippen LogP contribution in [0.5, 0.6) is 0 Å². The lowest BCUT2D eigenvalue weighted by molar-refractivity contribution is 0.861. The summed E-state index contributed by atoms with van der Waals surface area (Å²) in [6.45, 7) is 0. The first-order valence-corrected chi connectivity index (χ1v) is 8.45. The number of halogens is 2. The summed E-state index contributed by atoms with van der Waals surface area (Å²) >= 11 is 12.3. The van der Waals surface area contributed by atoms with Crippen LogP contribution >= 0.6 is 23.2 Å². The average Bonchev–Trinajstić information content (AvgIpc) is 2.67. The largest absolute Gasteiger partial charge is 0.338 e. The first-order valence-electron chi connectivity index (χ1n) is 7.69. The fourth-order valence-corrected chi connectivity index (χ4v) is 2.50. The van der Waals surface area contributed by atoms with E-state index in [2.05, 4.69) is 31.3 Å². The van der Waals surface area contributed by atoms with Crippen molar-refractivity contribution in [2.75, 3.05) is 10.6 Å². The number of rotatable bonds is 6. The van der Waals surface area contributed by atoms with E-state index in [1.165, 1.54) is 6.20 Å². The van der Waals surface area contributed by atoms with Crippen LogP contribution in [0.4, 0.5) is 23.1 Å². The highest BCUT2D eigenvalue weighted by atomic mass is 35.5. The van der Waals surface area contributed by atoms with E-state index in [4.69, 9.17) is 34.1 Å². The number of anilines is 4. The smallest absolute Gasteiger partial charge is 0.229 e. The number of hydrogen-bond donors (Lipinski definition) is 5. The number of nitrogens with one attached hydrogen (secondary N) is 5. The van der Waals surface area contributed by atoms with E-state index in [-0.39, 0.29) is 5.84 Å². The summed E-state index contributed by atoms with van der Waals surface area (Å²) in [4.78, 5) is 8.54. The predicted molar refractivity (Wildman–Crippen MR) is 107 cm³/mol. The Balaban J connectivity index is 1.77. The zero-order chi connectivity index (χ0) is 19.2. The summed E-state index contributed by atoms with van der Waals surface area (Å²) < 4.78 is 0. The average molecular weight is 401 g/mol. The zero-order valence-electron chi connectivity index (χ0n) is 13.8. The third kappa shape index (κ3) is 4.69. The predicted octanol–water partition coefficient (Wildman–Crippen LogP) is 5.13. The van der Waals surface area contributed by atoms with Crippen LogP contribution in [0.1, 0.15) is 5.56 Å². The van der Waals surface area contributed by atoms with Crippen molar-refractivity contribution in [2.45, 2.75) is 0 Å². The van der Waals surface area contributed by atoms with E-state index in [1.807, 2.05) is 18.2 Å². The molecule has 27 heavy (non-hydrogen) atoms. The second-order valence-electron chi connectivity index (χ2n) is 5.30. The number of para-hydroxylation sites is 1. The number of aromatic nitrogens is 2. The first kappa shape index (κ1) is 18.6. The van der Waals surface area contributed by atoms with E-state index in [1.54, 1.807) is 30.3 Å². The lowest BCUT2D eigenvalue weighted by Gasteiger charge is -2.11. The second kappa shape index (κ2) is 8.43. The molecule has 0 amide bonds. The van der Waals surface area contributed by atoms with Gasteiger partial charge in [-0.05, 0) is 36.4 Å². The maximum absolute atomic E-state index is 7.69. The molecule has 8 nitrogen and oxygen atoms in total. The quantitative estimate of drug-likeness (QED) is 0.170. The van der Waals surface area contributed by atoms with Gasteiger partial charge < -0.3 is 10.6 Å². The highest BCUT2D eigenvalue weighted by Crippen LogP contribution is 2.28. The summed E-state index contributed by atoms with van der Waals surface area (Å²) in [5.41, 5.74) is 11.0. The fraction of sp³-hybridized carbons (Fsp3) is 0. The Morgan fingerprint density at radius 1 is 0.963 bits per heavy atom. The van der Waals surface area contributed by atoms with Crippen LogP contribution in [0.25, 0.3) is 0 Å². The van der Waals surface area contributed by atoms with Crippen LogP contribution < -0.4 is 16.1 Å². The van der Waals surface area contributed by atoms with Crippen LogP contribution in [0.3, 0.4) is 0 Å². The van der Waals surface area contributed by atoms with E-state index < -0.39 is 0 Å². The molecule has 0 aliphatic heterocycles. The molecule has 5 N–H and O–H groups in total. The molecule has 10 heteroatoms. The van der Waals surface area contributed by atoms with E-state index in [0.717, 1.165) is 5.69 Å². The van der Waals surface area contributed by atoms with Crippen molar-refractivity contribution in [1.82, 2.24) is 15.4 Å². The molecule has 0 aliphatic carbocycles. The van der Waals surface area contributed by atoms with Crippen molar-refractivity contribution in [3.63, 3.8) is 0 Å². The van der Waals surface area contributed by atoms with Gasteiger partial charge >= 0.3 is 0 Å². The summed E-state index contributed by atoms with van der Waals surface area (Å²) in [5, 5.41) is 17.7. The molecule has 0 fully saturated rings. The summed E-state index contributed by atoms with van der Waals surface area (Å²) in [6.07, 6.45) is 1.49. The Morgan fingerprint density at radius 3 is 2.41 bits per heavy atom. The third-order valence-corrected chi connectivity index (χ3v) is 4.07. The Kier molecular flexibility index (Phi) is 5.80. The van der Waals surface area contributed by atoms with Gasteiger partial charge in [0.05, 0.1) is 16.9 Å². The van der Waals surface area contributed by atoms with Gasteiger partial charge in [-0.25, -0.2) is 10.4 Å². The van der Waals surface area contributed by atoms with Gasteiger partial charge in [0.2, 0.25) is 5.95 Å². The van der Waals surface area contributed by atoms with Crippen LogP contribution in [-0.4, -0.2) is 15.8 Å². The minimum Gasteiger partial charge on any atom is -0.338 e. The summed E-state index contributed by atoms with van der Waals surface area (Å²) in [5.74, 6) is 0.795. The minimum absolute atomic E-state index is 0.0329. The van der Waals surface area contributed by atoms with Gasteiger partial charge in [0.1, 0.15) is 10.9 Å². The summed E-state index contributed by atoms with van der Waals surface area (Å²) in [6, 6.07) is 14.2. The molecular formula is C17H14Cl2N8. The molecule has 3 aromatic rings. The minimum atomic E-state index is 0.0329. The van der Waals surface area contributed by atoms with Gasteiger partial charge in [-0.3, -0.25) is 5.41 Å². The molecule has 0 unspecified atom stereocenters. The molecule has 0 saturated heterocycles. The van der Waals surface area contributed by atoms with Gasteiger partial charge in [-0.15, -0.1) is 0 Å². The molecule has 0 atom stereocenters. The van der Waals surface area contributed by atoms with Crippen molar-refractivity contribution in [2.24, 2.45) is 5.22 Å². The molecule has 3 rings (SSSR count). The Labute approximate surface area is 164 Å². The van der Waals surface area contributed by atoms with E-state index in [0.29, 0.717) is 33.1 Å². The number of amidine groups is 1. The number of hydrogen-bond acceptors (Lipinski definition) is 7. The topological polar surface area (TPSA) is 122 Å². The zero-order valence-corrected chi connectivity index (χ0v) is 15.3. The monoisotopic (exact) mass is 400 g/mol. The van der Waals surface area contributed by atoms with Crippen LogP contribution in [-0.2, 0) is 0 Å². The van der Waals surface area contributed by atoms with Crippen molar-refractivity contribution in [1.29, 1.82) is 10.9 Å². The van der Waals surface area contributed by atoms with Crippen LogP contribution in [0.2, 0.25) is 10.0 Å². The van der Waals surface area contributed by atoms with Gasteiger partial charge in [-0.2, -0.15) is 10.5 Å². The van der Waals surface area contributed by atoms with Gasteiger partial charge in [0.25, 0.3) is 0 Å². The summed E-state index contributed by atoms with van der Waals surface area (Å²) in [7, 11) is 0. The van der Waals surface area contributed by atoms with Crippen molar-refractivity contribution in [3.8, 4) is 0 Å². The molecule has 0 bridgehead atoms. The molecule has 1 aromatic heterocycles. The van der Waals surface area contributed by atoms with Crippen LogP contribution in [0, 0.1) is 10.9 Å². The Hall–Kier alpha value is -3.23. The number of nitrogens with zero attached hydrogens (tertiary/aromatic N) is 3. The van der Waals surface area contributed by atoms with Gasteiger partial charge in [0, 0.05) is 11.3 Å². The molecule has 0 aliphatic rings. The molecule has 0 radical (unpaired) electrons. The molecule has 0 spiro atoms. The third-order valence-electron chi connectivity index (χ3n) is 3.47. The van der Waals surface area contributed by atoms with Crippen molar-refractivity contribution in [3.05, 3.63) is 70.3 Å². The van der Waals surface area contributed by atoms with Crippen molar-refractivity contribution < 1.29 is 0 Å². The first-order chi connectivity index (χ1) is 13.1. The SMILES string of the molecule is N=NNC(=N)c1ccc(Nc2ncc(Cl)c(Nc3ccccc3Cl)n2)cc1. The highest BCUT2D eigenvalue weighted by molar-refractivity contribution is 6.34. The molecule has 0 saturated carbocycles. The highest BCUT2D eigenvalue weighted by Gasteiger charge is 2.08. The van der Waals surface area contributed by atoms with Crippen LogP contribution in [0.15, 0.2) is 60.0 Å². The normalized spacial score (nSPS) is 10.1. The molecular weight excluding hydrogens is 387 g/mol.